The maximum Gasteiger partial charge on any atom is 0.169 e. The van der Waals surface area contributed by atoms with Crippen molar-refractivity contribution in [2.75, 3.05) is 0 Å². The van der Waals surface area contributed by atoms with E-state index in [0.717, 1.165) is 90.4 Å². The second kappa shape index (κ2) is 11.2. The molecule has 0 radical (unpaired) electrons. The summed E-state index contributed by atoms with van der Waals surface area (Å²) in [5.41, 5.74) is 4.79. The van der Waals surface area contributed by atoms with Crippen LogP contribution in [0, 0.1) is 12.3 Å². The zero-order chi connectivity index (χ0) is 22.6. The first-order valence-electron chi connectivity index (χ1n) is 12.2. The molecule has 2 aromatic carbocycles. The number of hydrogen-bond donors (Lipinski definition) is 0. The molecule has 3 nitrogen and oxygen atoms in total. The van der Waals surface area contributed by atoms with E-state index in [4.69, 9.17) is 9.72 Å². The van der Waals surface area contributed by atoms with Crippen molar-refractivity contribution in [2.24, 2.45) is 5.41 Å². The monoisotopic (exact) mass is 465 g/mol. The Kier molecular flexibility index (Phi) is 8.53. The molecule has 0 aliphatic heterocycles. The van der Waals surface area contributed by atoms with Gasteiger partial charge in [0, 0.05) is 21.9 Å². The number of pyridine rings is 1. The Morgan fingerprint density at radius 3 is 2.42 bits per heavy atom. The predicted octanol–water partition coefficient (Wildman–Crippen LogP) is 8.04. The Balaban J connectivity index is 0.00000306. The Labute approximate surface area is 204 Å². The van der Waals surface area contributed by atoms with Gasteiger partial charge < -0.3 is 4.74 Å². The molecule has 1 aromatic heterocycles. The molecule has 176 valence electrons. The normalized spacial score (nSPS) is 14.6. The van der Waals surface area contributed by atoms with Crippen LogP contribution < -0.4 is 4.74 Å². The molecular weight excluding hydrogens is 430 g/mol. The zero-order valence-corrected chi connectivity index (χ0v) is 21.0. The van der Waals surface area contributed by atoms with E-state index in [1.807, 2.05) is 30.3 Å². The van der Waals surface area contributed by atoms with Gasteiger partial charge in [-0.3, -0.25) is 4.79 Å². The summed E-state index contributed by atoms with van der Waals surface area (Å²) in [6, 6.07) is 16.3. The molecule has 0 spiro atoms. The average molecular weight is 466 g/mol. The number of carbonyl (C=O) groups excluding carboxylic acids is 1. The largest absolute Gasteiger partial charge is 0.487 e. The van der Waals surface area contributed by atoms with Crippen molar-refractivity contribution in [2.45, 2.75) is 78.7 Å². The summed E-state index contributed by atoms with van der Waals surface area (Å²) in [5.74, 6) is 1.20. The van der Waals surface area contributed by atoms with Gasteiger partial charge in [0.25, 0.3) is 0 Å². The smallest absolute Gasteiger partial charge is 0.169 e. The van der Waals surface area contributed by atoms with E-state index < -0.39 is 0 Å². The molecule has 0 amide bonds. The summed E-state index contributed by atoms with van der Waals surface area (Å²) in [6.45, 7) is 6.91. The minimum Gasteiger partial charge on any atom is -0.487 e. The summed E-state index contributed by atoms with van der Waals surface area (Å²) < 4.78 is 6.26. The first kappa shape index (κ1) is 25.2. The average Bonchev–Trinajstić information content (AvgIpc) is 2.82. The van der Waals surface area contributed by atoms with Crippen LogP contribution >= 0.6 is 12.4 Å². The lowest BCUT2D eigenvalue weighted by atomic mass is 9.64. The summed E-state index contributed by atoms with van der Waals surface area (Å²) in [4.78, 5) is 18.6. The Morgan fingerprint density at radius 2 is 1.70 bits per heavy atom. The molecule has 0 fully saturated rings. The lowest BCUT2D eigenvalue weighted by Crippen LogP contribution is -2.37. The number of unbranched alkanes of at least 4 members (excludes halogenated alkanes) is 2. The third kappa shape index (κ3) is 5.24. The molecule has 0 atom stereocenters. The maximum atomic E-state index is 13.9. The molecule has 33 heavy (non-hydrogen) atoms. The van der Waals surface area contributed by atoms with Crippen molar-refractivity contribution in [3.63, 3.8) is 0 Å². The third-order valence-corrected chi connectivity index (χ3v) is 7.09. The van der Waals surface area contributed by atoms with Gasteiger partial charge in [-0.2, -0.15) is 0 Å². The predicted molar refractivity (Wildman–Crippen MR) is 139 cm³/mol. The van der Waals surface area contributed by atoms with E-state index >= 15 is 0 Å². The fraction of sp³-hybridized carbons (Fsp3) is 0.448. The Morgan fingerprint density at radius 1 is 0.970 bits per heavy atom. The number of ketones is 1. The number of aryl methyl sites for hydroxylation is 1. The molecule has 0 saturated heterocycles. The highest BCUT2D eigenvalue weighted by molar-refractivity contribution is 6.04. The van der Waals surface area contributed by atoms with Crippen molar-refractivity contribution >= 4 is 29.1 Å². The van der Waals surface area contributed by atoms with E-state index in [0.29, 0.717) is 12.4 Å². The number of aromatic nitrogens is 1. The summed E-state index contributed by atoms with van der Waals surface area (Å²) >= 11 is 0. The molecule has 4 rings (SSSR count). The van der Waals surface area contributed by atoms with Crippen molar-refractivity contribution in [3.05, 3.63) is 70.9 Å². The summed E-state index contributed by atoms with van der Waals surface area (Å²) in [6.07, 6.45) is 8.37. The van der Waals surface area contributed by atoms with Crippen LogP contribution in [0.4, 0.5) is 0 Å². The van der Waals surface area contributed by atoms with Gasteiger partial charge in [0.1, 0.15) is 12.4 Å². The van der Waals surface area contributed by atoms with Gasteiger partial charge in [-0.15, -0.1) is 12.4 Å². The van der Waals surface area contributed by atoms with Crippen molar-refractivity contribution < 1.29 is 9.53 Å². The van der Waals surface area contributed by atoms with E-state index in [2.05, 4.69) is 39.0 Å². The number of hydrogen-bond acceptors (Lipinski definition) is 3. The highest BCUT2D eigenvalue weighted by Gasteiger charge is 2.42. The molecular formula is C29H36ClNO2. The number of para-hydroxylation sites is 1. The molecule has 1 heterocycles. The van der Waals surface area contributed by atoms with E-state index in [1.54, 1.807) is 0 Å². The summed E-state index contributed by atoms with van der Waals surface area (Å²) in [7, 11) is 0. The van der Waals surface area contributed by atoms with E-state index in [1.165, 1.54) is 0 Å². The minimum atomic E-state index is -0.192. The molecule has 4 heteroatoms. The highest BCUT2D eigenvalue weighted by Crippen LogP contribution is 2.46. The number of nitrogens with zero attached hydrogens (tertiary/aromatic N) is 1. The standard InChI is InChI=1S/C29H35NO2.ClH/c1-4-6-17-29(18-7-5-2)19-16-24-26(15-12-21(3)27(24)28(29)31)32-20-23-14-13-22-10-8-9-11-25(22)30-23;/h8-15H,4-7,16-20H2,1-3H3;1H. The molecule has 0 bridgehead atoms. The van der Waals surface area contributed by atoms with Crippen LogP contribution in [0.1, 0.15) is 86.0 Å². The fourth-order valence-corrected chi connectivity index (χ4v) is 5.16. The molecule has 0 N–H and O–H groups in total. The Bertz CT molecular complexity index is 1100. The van der Waals surface area contributed by atoms with Crippen molar-refractivity contribution in [1.29, 1.82) is 0 Å². The first-order chi connectivity index (χ1) is 15.6. The second-order valence-electron chi connectivity index (χ2n) is 9.33. The van der Waals surface area contributed by atoms with Gasteiger partial charge in [0.05, 0.1) is 11.2 Å². The third-order valence-electron chi connectivity index (χ3n) is 7.09. The topological polar surface area (TPSA) is 39.2 Å². The molecule has 3 aromatic rings. The zero-order valence-electron chi connectivity index (χ0n) is 20.2. The van der Waals surface area contributed by atoms with Gasteiger partial charge in [0.2, 0.25) is 0 Å². The minimum absolute atomic E-state index is 0. The van der Waals surface area contributed by atoms with Crippen LogP contribution in [0.3, 0.4) is 0 Å². The Hall–Kier alpha value is -2.39. The number of halogens is 1. The quantitative estimate of drug-likeness (QED) is 0.321. The number of ether oxygens (including phenoxy) is 1. The second-order valence-corrected chi connectivity index (χ2v) is 9.33. The van der Waals surface area contributed by atoms with Crippen molar-refractivity contribution in [3.8, 4) is 5.75 Å². The van der Waals surface area contributed by atoms with Crippen LogP contribution in [0.5, 0.6) is 5.75 Å². The lowest BCUT2D eigenvalue weighted by Gasteiger charge is -2.38. The lowest BCUT2D eigenvalue weighted by molar-refractivity contribution is 0.0704. The summed E-state index contributed by atoms with van der Waals surface area (Å²) in [5, 5.41) is 1.13. The fourth-order valence-electron chi connectivity index (χ4n) is 5.16. The first-order valence-corrected chi connectivity index (χ1v) is 12.2. The van der Waals surface area contributed by atoms with Gasteiger partial charge in [0.15, 0.2) is 5.78 Å². The molecule has 1 aliphatic carbocycles. The van der Waals surface area contributed by atoms with Gasteiger partial charge in [-0.1, -0.05) is 69.9 Å². The number of carbonyl (C=O) groups is 1. The van der Waals surface area contributed by atoms with E-state index in [9.17, 15) is 4.79 Å². The van der Waals surface area contributed by atoms with Gasteiger partial charge in [-0.25, -0.2) is 4.98 Å². The van der Waals surface area contributed by atoms with Crippen LogP contribution in [0.25, 0.3) is 10.9 Å². The SMILES string of the molecule is CCCCC1(CCCC)CCc2c(OCc3ccc4ccccc4n3)ccc(C)c2C1=O.Cl. The van der Waals surface area contributed by atoms with Crippen LogP contribution in [0.2, 0.25) is 0 Å². The molecule has 1 aliphatic rings. The van der Waals surface area contributed by atoms with Crippen LogP contribution in [-0.2, 0) is 13.0 Å². The van der Waals surface area contributed by atoms with Crippen LogP contribution in [-0.4, -0.2) is 10.8 Å². The van der Waals surface area contributed by atoms with Gasteiger partial charge in [-0.05, 0) is 56.4 Å². The van der Waals surface area contributed by atoms with E-state index in [-0.39, 0.29) is 17.8 Å². The van der Waals surface area contributed by atoms with Gasteiger partial charge >= 0.3 is 0 Å². The highest BCUT2D eigenvalue weighted by atomic mass is 35.5. The number of benzene rings is 2. The maximum absolute atomic E-state index is 13.9. The number of Topliss-reactive ketones (excluding diaryl/α,β-unsaturated/α-hetero) is 1. The van der Waals surface area contributed by atoms with Crippen molar-refractivity contribution in [1.82, 2.24) is 4.98 Å². The number of fused-ring (bicyclic) bond motifs is 2. The van der Waals surface area contributed by atoms with Crippen LogP contribution in [0.15, 0.2) is 48.5 Å². The molecule has 0 unspecified atom stereocenters. The number of rotatable bonds is 9. The molecule has 0 saturated carbocycles.